The van der Waals surface area contributed by atoms with Crippen molar-refractivity contribution in [1.29, 1.82) is 0 Å². The van der Waals surface area contributed by atoms with E-state index in [9.17, 15) is 0 Å². The summed E-state index contributed by atoms with van der Waals surface area (Å²) in [7, 11) is 0. The Hall–Kier alpha value is -2.21. The lowest BCUT2D eigenvalue weighted by atomic mass is 10.2. The zero-order valence-electron chi connectivity index (χ0n) is 12.3. The van der Waals surface area contributed by atoms with Crippen LogP contribution in [0, 0.1) is 6.92 Å². The van der Waals surface area contributed by atoms with Crippen LogP contribution in [0.3, 0.4) is 0 Å². The number of pyridine rings is 1. The normalized spacial score (nSPS) is 14.0. The first kappa shape index (κ1) is 13.8. The van der Waals surface area contributed by atoms with E-state index in [0.717, 1.165) is 42.2 Å². The predicted molar refractivity (Wildman–Crippen MR) is 80.2 cm³/mol. The van der Waals surface area contributed by atoms with E-state index >= 15 is 0 Å². The van der Waals surface area contributed by atoms with Crippen molar-refractivity contribution in [2.24, 2.45) is 5.84 Å². The predicted octanol–water partition coefficient (Wildman–Crippen LogP) is 2.70. The van der Waals surface area contributed by atoms with Gasteiger partial charge in [0, 0.05) is 17.7 Å². The van der Waals surface area contributed by atoms with Gasteiger partial charge in [0.1, 0.15) is 11.6 Å². The van der Waals surface area contributed by atoms with Gasteiger partial charge in [-0.1, -0.05) is 6.92 Å². The Morgan fingerprint density at radius 2 is 2.10 bits per heavy atom. The van der Waals surface area contributed by atoms with E-state index in [1.54, 1.807) is 6.07 Å². The molecule has 0 bridgehead atoms. The lowest BCUT2D eigenvalue weighted by Gasteiger charge is -2.11. The minimum Gasteiger partial charge on any atom is -0.437 e. The first-order valence-electron chi connectivity index (χ1n) is 7.19. The number of hydrogen-bond donors (Lipinski definition) is 2. The number of ether oxygens (including phenoxy) is 1. The van der Waals surface area contributed by atoms with Crippen LogP contribution in [0.5, 0.6) is 11.6 Å². The van der Waals surface area contributed by atoms with Gasteiger partial charge in [-0.25, -0.2) is 10.8 Å². The number of hydrazine groups is 1. The van der Waals surface area contributed by atoms with Gasteiger partial charge in [-0.05, 0) is 38.3 Å². The Labute approximate surface area is 123 Å². The van der Waals surface area contributed by atoms with E-state index in [1.807, 2.05) is 19.1 Å². The molecule has 2 aromatic rings. The molecular weight excluding hydrogens is 266 g/mol. The molecule has 0 aliphatic heterocycles. The van der Waals surface area contributed by atoms with Crippen LogP contribution < -0.4 is 16.0 Å². The van der Waals surface area contributed by atoms with Gasteiger partial charge in [-0.3, -0.25) is 4.98 Å². The summed E-state index contributed by atoms with van der Waals surface area (Å²) >= 11 is 0. The number of nitrogen functional groups attached to an aromatic ring is 1. The number of nitrogens with two attached hydrogens (primary N) is 1. The number of rotatable bonds is 5. The second-order valence-electron chi connectivity index (χ2n) is 5.22. The molecule has 0 amide bonds. The third-order valence-corrected chi connectivity index (χ3v) is 3.43. The average molecular weight is 285 g/mol. The largest absolute Gasteiger partial charge is 0.437 e. The minimum absolute atomic E-state index is 0.433. The highest BCUT2D eigenvalue weighted by Crippen LogP contribution is 2.39. The zero-order valence-corrected chi connectivity index (χ0v) is 12.3. The second kappa shape index (κ2) is 5.65. The number of anilines is 1. The summed E-state index contributed by atoms with van der Waals surface area (Å²) in [6.07, 6.45) is 3.05. The van der Waals surface area contributed by atoms with E-state index in [2.05, 4.69) is 27.3 Å². The third-order valence-electron chi connectivity index (χ3n) is 3.43. The SMILES string of the molecule is CCc1nc(C)ccc1Oc1cc(NN)nc(C2CC2)n1. The summed E-state index contributed by atoms with van der Waals surface area (Å²) in [5.74, 6) is 8.49. The Bertz CT molecular complexity index is 655. The molecule has 0 saturated heterocycles. The summed E-state index contributed by atoms with van der Waals surface area (Å²) in [6.45, 7) is 4.02. The minimum atomic E-state index is 0.433. The number of nitrogens with one attached hydrogen (secondary N) is 1. The van der Waals surface area contributed by atoms with Gasteiger partial charge >= 0.3 is 0 Å². The number of hydrogen-bond acceptors (Lipinski definition) is 6. The van der Waals surface area contributed by atoms with E-state index in [-0.39, 0.29) is 0 Å². The van der Waals surface area contributed by atoms with Crippen molar-refractivity contribution < 1.29 is 4.74 Å². The van der Waals surface area contributed by atoms with Crippen LogP contribution in [0.1, 0.15) is 42.9 Å². The fourth-order valence-electron chi connectivity index (χ4n) is 2.15. The fourth-order valence-corrected chi connectivity index (χ4v) is 2.15. The molecule has 2 aromatic heterocycles. The number of aryl methyl sites for hydroxylation is 2. The molecule has 2 heterocycles. The van der Waals surface area contributed by atoms with Gasteiger partial charge in [0.2, 0.25) is 5.88 Å². The second-order valence-corrected chi connectivity index (χ2v) is 5.22. The van der Waals surface area contributed by atoms with Crippen LogP contribution in [0.25, 0.3) is 0 Å². The van der Waals surface area contributed by atoms with Crippen molar-refractivity contribution in [1.82, 2.24) is 15.0 Å². The van der Waals surface area contributed by atoms with Crippen molar-refractivity contribution in [3.8, 4) is 11.6 Å². The molecule has 1 fully saturated rings. The fraction of sp³-hybridized carbons (Fsp3) is 0.400. The molecule has 0 atom stereocenters. The molecule has 0 radical (unpaired) electrons. The van der Waals surface area contributed by atoms with Crippen LogP contribution in [-0.2, 0) is 6.42 Å². The zero-order chi connectivity index (χ0) is 14.8. The topological polar surface area (TPSA) is 86.0 Å². The molecular formula is C15H19N5O. The van der Waals surface area contributed by atoms with Gasteiger partial charge in [-0.15, -0.1) is 0 Å². The molecule has 1 saturated carbocycles. The maximum absolute atomic E-state index is 5.91. The lowest BCUT2D eigenvalue weighted by Crippen LogP contribution is -2.10. The van der Waals surface area contributed by atoms with E-state index in [1.165, 1.54) is 0 Å². The molecule has 110 valence electrons. The molecule has 3 N–H and O–H groups in total. The Balaban J connectivity index is 1.92. The van der Waals surface area contributed by atoms with Crippen LogP contribution in [-0.4, -0.2) is 15.0 Å². The highest BCUT2D eigenvalue weighted by Gasteiger charge is 2.27. The average Bonchev–Trinajstić information content (AvgIpc) is 3.33. The molecule has 1 aliphatic carbocycles. The van der Waals surface area contributed by atoms with Crippen molar-refractivity contribution in [3.63, 3.8) is 0 Å². The first-order chi connectivity index (χ1) is 10.2. The molecule has 0 unspecified atom stereocenters. The maximum Gasteiger partial charge on any atom is 0.224 e. The molecule has 3 rings (SSSR count). The number of aromatic nitrogens is 3. The van der Waals surface area contributed by atoms with E-state index < -0.39 is 0 Å². The Morgan fingerprint density at radius 1 is 1.29 bits per heavy atom. The van der Waals surface area contributed by atoms with E-state index in [4.69, 9.17) is 10.6 Å². The van der Waals surface area contributed by atoms with Crippen molar-refractivity contribution in [2.75, 3.05) is 5.43 Å². The summed E-state index contributed by atoms with van der Waals surface area (Å²) < 4.78 is 5.91. The summed E-state index contributed by atoms with van der Waals surface area (Å²) in [5, 5.41) is 0. The van der Waals surface area contributed by atoms with Crippen molar-refractivity contribution >= 4 is 5.82 Å². The molecule has 0 spiro atoms. The highest BCUT2D eigenvalue weighted by atomic mass is 16.5. The van der Waals surface area contributed by atoms with Crippen LogP contribution >= 0.6 is 0 Å². The van der Waals surface area contributed by atoms with Crippen LogP contribution in [0.4, 0.5) is 5.82 Å². The number of nitrogens with zero attached hydrogens (tertiary/aromatic N) is 3. The molecule has 6 nitrogen and oxygen atoms in total. The van der Waals surface area contributed by atoms with Crippen molar-refractivity contribution in [2.45, 2.75) is 39.0 Å². The standard InChI is InChI=1S/C15H19N5O/c1-3-11-12(7-4-9(2)17-11)21-14-8-13(20-16)18-15(19-14)10-5-6-10/h4,7-8,10H,3,5-6,16H2,1-2H3,(H,18,19,20). The van der Waals surface area contributed by atoms with Crippen molar-refractivity contribution in [3.05, 3.63) is 35.4 Å². The molecule has 21 heavy (non-hydrogen) atoms. The maximum atomic E-state index is 5.91. The Morgan fingerprint density at radius 3 is 2.76 bits per heavy atom. The molecule has 1 aliphatic rings. The quantitative estimate of drug-likeness (QED) is 0.649. The lowest BCUT2D eigenvalue weighted by molar-refractivity contribution is 0.450. The van der Waals surface area contributed by atoms with Gasteiger partial charge < -0.3 is 10.2 Å². The highest BCUT2D eigenvalue weighted by molar-refractivity contribution is 5.40. The van der Waals surface area contributed by atoms with Gasteiger partial charge in [0.05, 0.1) is 5.69 Å². The molecule has 0 aromatic carbocycles. The van der Waals surface area contributed by atoms with E-state index in [0.29, 0.717) is 17.6 Å². The Kier molecular flexibility index (Phi) is 3.70. The van der Waals surface area contributed by atoms with Crippen LogP contribution in [0.15, 0.2) is 18.2 Å². The van der Waals surface area contributed by atoms with Crippen LogP contribution in [0.2, 0.25) is 0 Å². The van der Waals surface area contributed by atoms with Gasteiger partial charge in [0.15, 0.2) is 5.75 Å². The van der Waals surface area contributed by atoms with Gasteiger partial charge in [-0.2, -0.15) is 4.98 Å². The summed E-state index contributed by atoms with van der Waals surface area (Å²) in [6, 6.07) is 5.56. The summed E-state index contributed by atoms with van der Waals surface area (Å²) in [5.41, 5.74) is 4.46. The first-order valence-corrected chi connectivity index (χ1v) is 7.19. The smallest absolute Gasteiger partial charge is 0.224 e. The third kappa shape index (κ3) is 3.11. The monoisotopic (exact) mass is 285 g/mol. The summed E-state index contributed by atoms with van der Waals surface area (Å²) in [4.78, 5) is 13.3. The van der Waals surface area contributed by atoms with Gasteiger partial charge in [0.25, 0.3) is 0 Å². The molecule has 6 heteroatoms.